The minimum atomic E-state index is -0.907. The van der Waals surface area contributed by atoms with Gasteiger partial charge in [-0.2, -0.15) is 0 Å². The van der Waals surface area contributed by atoms with Crippen LogP contribution in [0.1, 0.15) is 47.5 Å². The highest BCUT2D eigenvalue weighted by atomic mass is 16.7. The van der Waals surface area contributed by atoms with Gasteiger partial charge in [0.1, 0.15) is 6.10 Å². The number of rotatable bonds is 6. The van der Waals surface area contributed by atoms with Gasteiger partial charge in [0.2, 0.25) is 0 Å². The molecule has 4 heteroatoms. The first-order valence-corrected chi connectivity index (χ1v) is 6.90. The van der Waals surface area contributed by atoms with E-state index in [1.807, 2.05) is 6.92 Å². The normalized spacial score (nSPS) is 29.8. The highest BCUT2D eigenvalue weighted by Gasteiger charge is 2.40. The Bertz CT molecular complexity index is 254. The Morgan fingerprint density at radius 3 is 2.33 bits per heavy atom. The molecule has 1 fully saturated rings. The molecule has 0 aromatic heterocycles. The van der Waals surface area contributed by atoms with Crippen molar-refractivity contribution in [1.82, 2.24) is 0 Å². The Labute approximate surface area is 110 Å². The van der Waals surface area contributed by atoms with Crippen LogP contribution in [-0.4, -0.2) is 35.5 Å². The number of aliphatic hydroxyl groups is 2. The monoisotopic (exact) mass is 260 g/mol. The van der Waals surface area contributed by atoms with Crippen LogP contribution in [0.3, 0.4) is 0 Å². The standard InChI is InChI=1S/C14H28O4/c1-9(2)8-14(5,10(3)4)13(16)18-11-6-7-17-12(11)15/h9-13,15-16H,6-8H2,1-5H3/t11?,12-,13-,14?/m1/s1. The molecule has 4 nitrogen and oxygen atoms in total. The third kappa shape index (κ3) is 3.67. The molecule has 0 aliphatic carbocycles. The lowest BCUT2D eigenvalue weighted by Gasteiger charge is -2.40. The zero-order valence-electron chi connectivity index (χ0n) is 12.2. The molecule has 1 aliphatic rings. The molecule has 1 saturated heterocycles. The molecule has 2 unspecified atom stereocenters. The predicted molar refractivity (Wildman–Crippen MR) is 69.9 cm³/mol. The molecule has 0 radical (unpaired) electrons. The summed E-state index contributed by atoms with van der Waals surface area (Å²) in [5.74, 6) is 0.787. The minimum Gasteiger partial charge on any atom is -0.367 e. The summed E-state index contributed by atoms with van der Waals surface area (Å²) in [6, 6.07) is 0. The Morgan fingerprint density at radius 2 is 1.94 bits per heavy atom. The van der Waals surface area contributed by atoms with Crippen molar-refractivity contribution in [3.8, 4) is 0 Å². The van der Waals surface area contributed by atoms with Crippen LogP contribution >= 0.6 is 0 Å². The van der Waals surface area contributed by atoms with Crippen molar-refractivity contribution in [2.24, 2.45) is 17.3 Å². The molecule has 0 aromatic rings. The summed E-state index contributed by atoms with van der Waals surface area (Å²) in [5, 5.41) is 19.9. The second-order valence-electron chi connectivity index (χ2n) is 6.34. The van der Waals surface area contributed by atoms with Gasteiger partial charge in [-0.15, -0.1) is 0 Å². The summed E-state index contributed by atoms with van der Waals surface area (Å²) < 4.78 is 10.7. The van der Waals surface area contributed by atoms with E-state index in [0.29, 0.717) is 24.9 Å². The van der Waals surface area contributed by atoms with E-state index in [0.717, 1.165) is 6.42 Å². The van der Waals surface area contributed by atoms with Crippen LogP contribution in [0.15, 0.2) is 0 Å². The first-order chi connectivity index (χ1) is 8.27. The minimum absolute atomic E-state index is 0.300. The summed E-state index contributed by atoms with van der Waals surface area (Å²) in [6.45, 7) is 11.0. The molecule has 1 heterocycles. The Morgan fingerprint density at radius 1 is 1.33 bits per heavy atom. The Kier molecular flexibility index (Phi) is 5.59. The third-order valence-electron chi connectivity index (χ3n) is 4.04. The average molecular weight is 260 g/mol. The van der Waals surface area contributed by atoms with Crippen molar-refractivity contribution in [1.29, 1.82) is 0 Å². The van der Waals surface area contributed by atoms with E-state index >= 15 is 0 Å². The summed E-state index contributed by atoms with van der Waals surface area (Å²) in [5.41, 5.74) is -0.309. The Balaban J connectivity index is 2.67. The van der Waals surface area contributed by atoms with Crippen molar-refractivity contribution in [3.63, 3.8) is 0 Å². The van der Waals surface area contributed by atoms with Gasteiger partial charge in [0.25, 0.3) is 0 Å². The molecule has 1 aliphatic heterocycles. The molecule has 0 aromatic carbocycles. The van der Waals surface area contributed by atoms with E-state index in [9.17, 15) is 10.2 Å². The van der Waals surface area contributed by atoms with Crippen molar-refractivity contribution in [3.05, 3.63) is 0 Å². The van der Waals surface area contributed by atoms with Crippen molar-refractivity contribution in [2.75, 3.05) is 6.61 Å². The molecule has 1 rings (SSSR count). The fraction of sp³-hybridized carbons (Fsp3) is 1.00. The van der Waals surface area contributed by atoms with Gasteiger partial charge in [0.05, 0.1) is 6.61 Å². The van der Waals surface area contributed by atoms with Gasteiger partial charge in [-0.1, -0.05) is 34.6 Å². The quantitative estimate of drug-likeness (QED) is 0.718. The third-order valence-corrected chi connectivity index (χ3v) is 4.04. The fourth-order valence-corrected chi connectivity index (χ4v) is 2.51. The largest absolute Gasteiger partial charge is 0.367 e. The number of hydrogen-bond acceptors (Lipinski definition) is 4. The van der Waals surface area contributed by atoms with E-state index in [1.54, 1.807) is 0 Å². The van der Waals surface area contributed by atoms with Crippen LogP contribution < -0.4 is 0 Å². The molecule has 0 spiro atoms. The van der Waals surface area contributed by atoms with Gasteiger partial charge >= 0.3 is 0 Å². The van der Waals surface area contributed by atoms with Crippen molar-refractivity contribution >= 4 is 0 Å². The van der Waals surface area contributed by atoms with E-state index in [2.05, 4.69) is 27.7 Å². The van der Waals surface area contributed by atoms with E-state index < -0.39 is 18.7 Å². The van der Waals surface area contributed by atoms with E-state index in [1.165, 1.54) is 0 Å². The van der Waals surface area contributed by atoms with Gasteiger partial charge in [-0.25, -0.2) is 0 Å². The molecular weight excluding hydrogens is 232 g/mol. The molecule has 2 N–H and O–H groups in total. The topological polar surface area (TPSA) is 58.9 Å². The molecule has 108 valence electrons. The maximum atomic E-state index is 10.4. The van der Waals surface area contributed by atoms with Gasteiger partial charge in [-0.05, 0) is 18.3 Å². The molecule has 0 amide bonds. The Hall–Kier alpha value is -0.160. The van der Waals surface area contributed by atoms with Crippen LogP contribution in [0.4, 0.5) is 0 Å². The summed E-state index contributed by atoms with van der Waals surface area (Å²) in [7, 11) is 0. The zero-order chi connectivity index (χ0) is 13.9. The highest BCUT2D eigenvalue weighted by molar-refractivity contribution is 4.83. The SMILES string of the molecule is CC(C)CC(C)(C(C)C)[C@H](O)OC1CCO[C@H]1O. The smallest absolute Gasteiger partial charge is 0.181 e. The average Bonchev–Trinajstić information content (AvgIpc) is 2.63. The van der Waals surface area contributed by atoms with Gasteiger partial charge in [0, 0.05) is 11.8 Å². The van der Waals surface area contributed by atoms with Crippen molar-refractivity contribution in [2.45, 2.75) is 66.1 Å². The predicted octanol–water partition coefficient (Wildman–Crippen LogP) is 2.14. The van der Waals surface area contributed by atoms with Gasteiger partial charge in [0.15, 0.2) is 12.6 Å². The van der Waals surface area contributed by atoms with Crippen LogP contribution in [0.2, 0.25) is 0 Å². The van der Waals surface area contributed by atoms with E-state index in [4.69, 9.17) is 9.47 Å². The first-order valence-electron chi connectivity index (χ1n) is 6.90. The number of ether oxygens (including phenoxy) is 2. The molecule has 4 atom stereocenters. The lowest BCUT2D eigenvalue weighted by molar-refractivity contribution is -0.242. The second kappa shape index (κ2) is 6.33. The van der Waals surface area contributed by atoms with Crippen LogP contribution in [0, 0.1) is 17.3 Å². The molecule has 18 heavy (non-hydrogen) atoms. The van der Waals surface area contributed by atoms with Crippen LogP contribution in [0.25, 0.3) is 0 Å². The lowest BCUT2D eigenvalue weighted by atomic mass is 9.72. The summed E-state index contributed by atoms with van der Waals surface area (Å²) >= 11 is 0. The van der Waals surface area contributed by atoms with Gasteiger partial charge < -0.3 is 19.7 Å². The fourth-order valence-electron chi connectivity index (χ4n) is 2.51. The number of aliphatic hydroxyl groups excluding tert-OH is 2. The maximum Gasteiger partial charge on any atom is 0.181 e. The molecular formula is C14H28O4. The van der Waals surface area contributed by atoms with E-state index in [-0.39, 0.29) is 5.41 Å². The van der Waals surface area contributed by atoms with Gasteiger partial charge in [-0.3, -0.25) is 0 Å². The first kappa shape index (κ1) is 15.9. The number of hydrogen-bond donors (Lipinski definition) is 2. The maximum absolute atomic E-state index is 10.4. The lowest BCUT2D eigenvalue weighted by Crippen LogP contribution is -2.43. The molecule has 0 saturated carbocycles. The second-order valence-corrected chi connectivity index (χ2v) is 6.34. The summed E-state index contributed by atoms with van der Waals surface area (Å²) in [4.78, 5) is 0. The highest BCUT2D eigenvalue weighted by Crippen LogP contribution is 2.39. The summed E-state index contributed by atoms with van der Waals surface area (Å²) in [6.07, 6.45) is -0.676. The van der Waals surface area contributed by atoms with Crippen LogP contribution in [0.5, 0.6) is 0 Å². The van der Waals surface area contributed by atoms with Crippen LogP contribution in [-0.2, 0) is 9.47 Å². The van der Waals surface area contributed by atoms with Crippen molar-refractivity contribution < 1.29 is 19.7 Å². The molecule has 0 bridgehead atoms. The zero-order valence-corrected chi connectivity index (χ0v) is 12.2.